The molecule has 18 heavy (non-hydrogen) atoms. The maximum atomic E-state index is 11.7. The minimum absolute atomic E-state index is 0.352. The molecule has 0 saturated carbocycles. The van der Waals surface area contributed by atoms with Crippen LogP contribution in [0.25, 0.3) is 0 Å². The van der Waals surface area contributed by atoms with Crippen LogP contribution in [-0.2, 0) is 0 Å². The van der Waals surface area contributed by atoms with Crippen molar-refractivity contribution in [3.63, 3.8) is 0 Å². The maximum Gasteiger partial charge on any atom is 0.326 e. The normalized spacial score (nSPS) is 10.1. The number of nitrogens with one attached hydrogen (secondary N) is 2. The van der Waals surface area contributed by atoms with Gasteiger partial charge in [0, 0.05) is 6.07 Å². The van der Waals surface area contributed by atoms with Gasteiger partial charge in [0.15, 0.2) is 4.67 Å². The second kappa shape index (κ2) is 5.14. The lowest BCUT2D eigenvalue weighted by molar-refractivity contribution is 0.261. The van der Waals surface area contributed by atoms with Crippen LogP contribution in [0.5, 0.6) is 0 Å². The van der Waals surface area contributed by atoms with E-state index in [-0.39, 0.29) is 0 Å². The fraction of sp³-hybridized carbons (Fsp3) is 0.0833. The lowest BCUT2D eigenvalue weighted by Gasteiger charge is -2.08. The van der Waals surface area contributed by atoms with Crippen LogP contribution >= 0.6 is 15.9 Å². The molecule has 0 spiro atoms. The Morgan fingerprint density at radius 3 is 2.67 bits per heavy atom. The van der Waals surface area contributed by atoms with Gasteiger partial charge in [-0.05, 0) is 46.6 Å². The molecule has 2 aromatic rings. The summed E-state index contributed by atoms with van der Waals surface area (Å²) < 4.78 is 5.70. The number of halogens is 1. The summed E-state index contributed by atoms with van der Waals surface area (Å²) in [5, 5.41) is 5.20. The summed E-state index contributed by atoms with van der Waals surface area (Å²) in [5.74, 6) is 0.352. The maximum absolute atomic E-state index is 11.7. The molecule has 1 aromatic heterocycles. The van der Waals surface area contributed by atoms with Crippen molar-refractivity contribution in [2.24, 2.45) is 0 Å². The van der Waals surface area contributed by atoms with Gasteiger partial charge in [-0.1, -0.05) is 6.07 Å². The van der Waals surface area contributed by atoms with Gasteiger partial charge in [-0.3, -0.25) is 5.32 Å². The van der Waals surface area contributed by atoms with Gasteiger partial charge in [-0.2, -0.15) is 0 Å². The van der Waals surface area contributed by atoms with E-state index in [2.05, 4.69) is 26.6 Å². The number of benzene rings is 1. The number of amides is 2. The number of hydrogen-bond donors (Lipinski definition) is 3. The number of anilines is 3. The van der Waals surface area contributed by atoms with E-state index in [1.165, 1.54) is 0 Å². The monoisotopic (exact) mass is 309 g/mol. The van der Waals surface area contributed by atoms with Crippen molar-refractivity contribution < 1.29 is 9.21 Å². The molecule has 2 rings (SSSR count). The third-order valence-electron chi connectivity index (χ3n) is 2.27. The number of furan rings is 1. The number of urea groups is 1. The number of hydrogen-bond acceptors (Lipinski definition) is 3. The highest BCUT2D eigenvalue weighted by atomic mass is 79.9. The Balaban J connectivity index is 2.03. The molecule has 5 nitrogen and oxygen atoms in total. The lowest BCUT2D eigenvalue weighted by Crippen LogP contribution is -2.19. The fourth-order valence-electron chi connectivity index (χ4n) is 1.44. The topological polar surface area (TPSA) is 80.3 Å². The van der Waals surface area contributed by atoms with Crippen LogP contribution in [0.2, 0.25) is 0 Å². The van der Waals surface area contributed by atoms with E-state index in [4.69, 9.17) is 10.2 Å². The number of carbonyl (C=O) groups excluding carboxylic acids is 1. The third-order valence-corrected chi connectivity index (χ3v) is 2.69. The van der Waals surface area contributed by atoms with Crippen molar-refractivity contribution in [3.05, 3.63) is 40.6 Å². The molecule has 1 heterocycles. The Morgan fingerprint density at radius 2 is 2.06 bits per heavy atom. The predicted molar refractivity (Wildman–Crippen MR) is 74.6 cm³/mol. The summed E-state index contributed by atoms with van der Waals surface area (Å²) in [5.41, 5.74) is 7.91. The van der Waals surface area contributed by atoms with Gasteiger partial charge in [0.25, 0.3) is 0 Å². The van der Waals surface area contributed by atoms with Crippen LogP contribution in [0, 0.1) is 6.92 Å². The van der Waals surface area contributed by atoms with E-state index >= 15 is 0 Å². The molecule has 0 radical (unpaired) electrons. The average Bonchev–Trinajstić information content (AvgIpc) is 2.68. The summed E-state index contributed by atoms with van der Waals surface area (Å²) in [6.07, 6.45) is 0. The van der Waals surface area contributed by atoms with Crippen molar-refractivity contribution in [3.8, 4) is 0 Å². The molecule has 0 fully saturated rings. The van der Waals surface area contributed by atoms with Crippen LogP contribution in [0.3, 0.4) is 0 Å². The Hall–Kier alpha value is -1.95. The van der Waals surface area contributed by atoms with Crippen LogP contribution in [-0.4, -0.2) is 6.03 Å². The van der Waals surface area contributed by atoms with Gasteiger partial charge in [0.2, 0.25) is 5.88 Å². The first-order chi connectivity index (χ1) is 8.54. The van der Waals surface area contributed by atoms with Gasteiger partial charge in [-0.25, -0.2) is 4.79 Å². The summed E-state index contributed by atoms with van der Waals surface area (Å²) in [6.45, 7) is 1.93. The first-order valence-electron chi connectivity index (χ1n) is 5.24. The molecular formula is C12H12BrN3O2. The van der Waals surface area contributed by atoms with Gasteiger partial charge >= 0.3 is 6.03 Å². The highest BCUT2D eigenvalue weighted by Gasteiger charge is 2.07. The summed E-state index contributed by atoms with van der Waals surface area (Å²) in [4.78, 5) is 11.7. The zero-order chi connectivity index (χ0) is 13.1. The van der Waals surface area contributed by atoms with E-state index in [9.17, 15) is 4.79 Å². The number of carbonyl (C=O) groups is 1. The van der Waals surface area contributed by atoms with E-state index < -0.39 is 6.03 Å². The van der Waals surface area contributed by atoms with E-state index in [1.807, 2.05) is 13.0 Å². The number of aryl methyl sites for hydroxylation is 1. The molecule has 94 valence electrons. The first-order valence-corrected chi connectivity index (χ1v) is 6.03. The first kappa shape index (κ1) is 12.5. The molecular weight excluding hydrogens is 298 g/mol. The summed E-state index contributed by atoms with van der Waals surface area (Å²) in [6, 6.07) is 8.34. The lowest BCUT2D eigenvalue weighted by atomic mass is 10.2. The van der Waals surface area contributed by atoms with Crippen LogP contribution in [0.1, 0.15) is 5.56 Å². The van der Waals surface area contributed by atoms with Crippen molar-refractivity contribution in [1.29, 1.82) is 0 Å². The van der Waals surface area contributed by atoms with Crippen molar-refractivity contribution >= 4 is 39.2 Å². The van der Waals surface area contributed by atoms with Crippen LogP contribution < -0.4 is 16.4 Å². The molecule has 6 heteroatoms. The molecule has 0 aliphatic carbocycles. The van der Waals surface area contributed by atoms with E-state index in [0.29, 0.717) is 21.9 Å². The predicted octanol–water partition coefficient (Wildman–Crippen LogP) is 3.58. The standard InChI is InChI=1S/C12H12BrN3O2/c1-7-2-3-9(8(14)6-7)15-12(17)16-11-5-4-10(13)18-11/h2-6H,14H2,1H3,(H2,15,16,17). The highest BCUT2D eigenvalue weighted by molar-refractivity contribution is 9.10. The minimum atomic E-state index is -0.410. The van der Waals surface area contributed by atoms with Gasteiger partial charge in [0.1, 0.15) is 0 Å². The van der Waals surface area contributed by atoms with Crippen molar-refractivity contribution in [1.82, 2.24) is 0 Å². The molecule has 0 aliphatic rings. The largest absolute Gasteiger partial charge is 0.434 e. The van der Waals surface area contributed by atoms with E-state index in [1.54, 1.807) is 24.3 Å². The minimum Gasteiger partial charge on any atom is -0.434 e. The Bertz CT molecular complexity index is 580. The van der Waals surface area contributed by atoms with Crippen molar-refractivity contribution in [2.45, 2.75) is 6.92 Å². The number of nitrogens with two attached hydrogens (primary N) is 1. The van der Waals surface area contributed by atoms with Crippen LogP contribution in [0.15, 0.2) is 39.4 Å². The quantitative estimate of drug-likeness (QED) is 0.742. The van der Waals surface area contributed by atoms with Crippen LogP contribution in [0.4, 0.5) is 22.1 Å². The highest BCUT2D eigenvalue weighted by Crippen LogP contribution is 2.21. The second-order valence-electron chi connectivity index (χ2n) is 3.77. The second-order valence-corrected chi connectivity index (χ2v) is 4.56. The van der Waals surface area contributed by atoms with Crippen molar-refractivity contribution in [2.75, 3.05) is 16.4 Å². The third kappa shape index (κ3) is 3.04. The Kier molecular flexibility index (Phi) is 3.57. The molecule has 2 amide bonds. The van der Waals surface area contributed by atoms with Gasteiger partial charge < -0.3 is 15.5 Å². The molecule has 0 aliphatic heterocycles. The fourth-order valence-corrected chi connectivity index (χ4v) is 1.75. The smallest absolute Gasteiger partial charge is 0.326 e. The Morgan fingerprint density at radius 1 is 1.28 bits per heavy atom. The molecule has 1 aromatic carbocycles. The van der Waals surface area contributed by atoms with E-state index in [0.717, 1.165) is 5.56 Å². The SMILES string of the molecule is Cc1ccc(NC(=O)Nc2ccc(Br)o2)c(N)c1. The van der Waals surface area contributed by atoms with Gasteiger partial charge in [-0.15, -0.1) is 0 Å². The molecule has 0 atom stereocenters. The average molecular weight is 310 g/mol. The summed E-state index contributed by atoms with van der Waals surface area (Å²) in [7, 11) is 0. The number of nitrogen functional groups attached to an aromatic ring is 1. The number of rotatable bonds is 2. The molecule has 0 unspecified atom stereocenters. The van der Waals surface area contributed by atoms with Gasteiger partial charge in [0.05, 0.1) is 11.4 Å². The summed E-state index contributed by atoms with van der Waals surface area (Å²) >= 11 is 3.15. The molecule has 0 saturated heterocycles. The molecule has 4 N–H and O–H groups in total. The Labute approximate surface area is 112 Å². The zero-order valence-electron chi connectivity index (χ0n) is 9.66. The molecule has 0 bridgehead atoms. The zero-order valence-corrected chi connectivity index (χ0v) is 11.2.